The second-order valence-electron chi connectivity index (χ2n) is 7.39. The molecule has 8 nitrogen and oxygen atoms in total. The van der Waals surface area contributed by atoms with Gasteiger partial charge in [0.2, 0.25) is 5.91 Å². The summed E-state index contributed by atoms with van der Waals surface area (Å²) in [4.78, 5) is 39.7. The highest BCUT2D eigenvalue weighted by molar-refractivity contribution is 6.32. The van der Waals surface area contributed by atoms with E-state index >= 15 is 0 Å². The molecule has 4 amide bonds. The maximum atomic E-state index is 12.6. The zero-order valence-corrected chi connectivity index (χ0v) is 17.1. The van der Waals surface area contributed by atoms with E-state index in [9.17, 15) is 14.4 Å². The van der Waals surface area contributed by atoms with Gasteiger partial charge in [0.05, 0.1) is 12.1 Å². The van der Waals surface area contributed by atoms with Gasteiger partial charge in [0, 0.05) is 44.4 Å². The number of carbonyl (C=O) groups is 3. The summed E-state index contributed by atoms with van der Waals surface area (Å²) in [5.41, 5.74) is 0.940. The van der Waals surface area contributed by atoms with E-state index < -0.39 is 11.6 Å². The zero-order chi connectivity index (χ0) is 20.5. The quantitative estimate of drug-likeness (QED) is 0.723. The molecule has 9 heteroatoms. The van der Waals surface area contributed by atoms with Crippen LogP contribution in [0.4, 0.5) is 10.5 Å². The van der Waals surface area contributed by atoms with Gasteiger partial charge in [0.25, 0.3) is 5.91 Å². The predicted octanol–water partition coefficient (Wildman–Crippen LogP) is 1.68. The molecule has 2 saturated heterocycles. The van der Waals surface area contributed by atoms with E-state index in [1.807, 2.05) is 19.1 Å². The largest absolute Gasteiger partial charge is 0.495 e. The Morgan fingerprint density at radius 2 is 1.93 bits per heavy atom. The fraction of sp³-hybridized carbons (Fsp3) is 0.526. The highest BCUT2D eigenvalue weighted by atomic mass is 35.5. The molecule has 1 aromatic carbocycles. The first-order valence-corrected chi connectivity index (χ1v) is 9.62. The Kier molecular flexibility index (Phi) is 5.69. The van der Waals surface area contributed by atoms with Crippen molar-refractivity contribution in [2.45, 2.75) is 32.2 Å². The van der Waals surface area contributed by atoms with Gasteiger partial charge in [-0.2, -0.15) is 0 Å². The number of methoxy groups -OCH3 is 1. The van der Waals surface area contributed by atoms with Crippen molar-refractivity contribution in [2.24, 2.45) is 0 Å². The van der Waals surface area contributed by atoms with Gasteiger partial charge in [-0.15, -0.1) is 0 Å². The fourth-order valence-electron chi connectivity index (χ4n) is 3.53. The lowest BCUT2D eigenvalue weighted by atomic mass is 9.96. The van der Waals surface area contributed by atoms with Crippen molar-refractivity contribution in [1.82, 2.24) is 15.5 Å². The molecule has 0 bridgehead atoms. The zero-order valence-electron chi connectivity index (χ0n) is 16.3. The summed E-state index contributed by atoms with van der Waals surface area (Å²) in [5, 5.41) is 5.41. The van der Waals surface area contributed by atoms with E-state index in [0.717, 1.165) is 11.3 Å². The Hall–Kier alpha value is -2.48. The molecule has 3 rings (SSSR count). The van der Waals surface area contributed by atoms with Gasteiger partial charge in [0.1, 0.15) is 11.3 Å². The summed E-state index contributed by atoms with van der Waals surface area (Å²) in [7, 11) is 1.59. The van der Waals surface area contributed by atoms with E-state index in [1.54, 1.807) is 18.9 Å². The van der Waals surface area contributed by atoms with Crippen LogP contribution >= 0.6 is 11.6 Å². The molecule has 0 aliphatic carbocycles. The minimum absolute atomic E-state index is 0.0142. The summed E-state index contributed by atoms with van der Waals surface area (Å²) in [6.45, 7) is 6.16. The van der Waals surface area contributed by atoms with Crippen molar-refractivity contribution < 1.29 is 19.1 Å². The second kappa shape index (κ2) is 7.87. The third-order valence-electron chi connectivity index (χ3n) is 5.38. The summed E-state index contributed by atoms with van der Waals surface area (Å²) < 4.78 is 5.34. The lowest BCUT2D eigenvalue weighted by molar-refractivity contribution is -0.132. The number of hydrogen-bond donors (Lipinski definition) is 2. The number of urea groups is 1. The fourth-order valence-corrected chi connectivity index (χ4v) is 3.72. The normalized spacial score (nSPS) is 22.1. The molecular formula is C19H25ClN4O4. The molecule has 1 atom stereocenters. The summed E-state index contributed by atoms with van der Waals surface area (Å²) >= 11 is 6.24. The number of amides is 4. The Balaban J connectivity index is 1.55. The molecular weight excluding hydrogens is 384 g/mol. The van der Waals surface area contributed by atoms with Crippen LogP contribution in [-0.4, -0.2) is 61.6 Å². The Labute approximate surface area is 169 Å². The molecule has 2 aliphatic rings. The number of nitrogens with one attached hydrogen (secondary N) is 2. The molecule has 28 heavy (non-hydrogen) atoms. The van der Waals surface area contributed by atoms with Crippen LogP contribution in [0.2, 0.25) is 5.02 Å². The number of anilines is 1. The summed E-state index contributed by atoms with van der Waals surface area (Å²) in [6, 6.07) is 3.42. The van der Waals surface area contributed by atoms with Crippen molar-refractivity contribution in [3.8, 4) is 5.75 Å². The topological polar surface area (TPSA) is 91.0 Å². The molecule has 2 aliphatic heterocycles. The van der Waals surface area contributed by atoms with E-state index in [2.05, 4.69) is 15.5 Å². The Morgan fingerprint density at radius 3 is 2.50 bits per heavy atom. The number of imide groups is 1. The molecule has 0 spiro atoms. The van der Waals surface area contributed by atoms with Gasteiger partial charge in [-0.05, 0) is 31.9 Å². The molecule has 0 saturated carbocycles. The number of aryl methyl sites for hydroxylation is 1. The first kappa shape index (κ1) is 20.3. The van der Waals surface area contributed by atoms with Crippen molar-refractivity contribution in [3.63, 3.8) is 0 Å². The van der Waals surface area contributed by atoms with Crippen LogP contribution in [0.5, 0.6) is 5.75 Å². The number of hydrogen-bond acceptors (Lipinski definition) is 5. The minimum Gasteiger partial charge on any atom is -0.495 e. The SMILES string of the molecule is COc1cc(N2CCN(C(=O)CC[C@@]3(C)NC(=O)NC3=O)CC2)cc(C)c1Cl. The number of carbonyl (C=O) groups excluding carboxylic acids is 3. The third kappa shape index (κ3) is 4.01. The number of ether oxygens (including phenoxy) is 1. The maximum Gasteiger partial charge on any atom is 0.322 e. The predicted molar refractivity (Wildman–Crippen MR) is 106 cm³/mol. The van der Waals surface area contributed by atoms with E-state index in [4.69, 9.17) is 16.3 Å². The molecule has 152 valence electrons. The smallest absolute Gasteiger partial charge is 0.322 e. The second-order valence-corrected chi connectivity index (χ2v) is 7.77. The van der Waals surface area contributed by atoms with Crippen LogP contribution in [0.15, 0.2) is 12.1 Å². The number of rotatable bonds is 5. The van der Waals surface area contributed by atoms with Crippen LogP contribution < -0.4 is 20.3 Å². The summed E-state index contributed by atoms with van der Waals surface area (Å²) in [5.74, 6) is 0.238. The Bertz CT molecular complexity index is 807. The van der Waals surface area contributed by atoms with Gasteiger partial charge >= 0.3 is 6.03 Å². The van der Waals surface area contributed by atoms with Gasteiger partial charge in [-0.3, -0.25) is 14.9 Å². The minimum atomic E-state index is -1.02. The van der Waals surface area contributed by atoms with Crippen LogP contribution in [0.3, 0.4) is 0 Å². The van der Waals surface area contributed by atoms with Crippen molar-refractivity contribution in [3.05, 3.63) is 22.7 Å². The number of halogens is 1. The first-order chi connectivity index (χ1) is 13.2. The number of nitrogens with zero attached hydrogens (tertiary/aromatic N) is 2. The average Bonchev–Trinajstić information content (AvgIpc) is 2.94. The molecule has 2 N–H and O–H groups in total. The lowest BCUT2D eigenvalue weighted by Crippen LogP contribution is -2.50. The van der Waals surface area contributed by atoms with Gasteiger partial charge in [-0.25, -0.2) is 4.79 Å². The first-order valence-electron chi connectivity index (χ1n) is 9.24. The molecule has 0 aromatic heterocycles. The molecule has 2 fully saturated rings. The highest BCUT2D eigenvalue weighted by Gasteiger charge is 2.42. The molecule has 1 aromatic rings. The van der Waals surface area contributed by atoms with E-state index in [1.165, 1.54) is 0 Å². The van der Waals surface area contributed by atoms with Gasteiger partial charge in [0.15, 0.2) is 0 Å². The Morgan fingerprint density at radius 1 is 1.25 bits per heavy atom. The van der Waals surface area contributed by atoms with Crippen molar-refractivity contribution in [1.29, 1.82) is 0 Å². The van der Waals surface area contributed by atoms with Crippen molar-refractivity contribution >= 4 is 35.1 Å². The van der Waals surface area contributed by atoms with Crippen LogP contribution in [-0.2, 0) is 9.59 Å². The monoisotopic (exact) mass is 408 g/mol. The third-order valence-corrected chi connectivity index (χ3v) is 5.86. The number of piperazine rings is 1. The lowest BCUT2D eigenvalue weighted by Gasteiger charge is -2.37. The maximum absolute atomic E-state index is 12.6. The summed E-state index contributed by atoms with van der Waals surface area (Å²) in [6.07, 6.45) is 0.481. The van der Waals surface area contributed by atoms with Crippen LogP contribution in [0.25, 0.3) is 0 Å². The van der Waals surface area contributed by atoms with E-state index in [0.29, 0.717) is 37.0 Å². The molecule has 0 unspecified atom stereocenters. The molecule has 0 radical (unpaired) electrons. The van der Waals surface area contributed by atoms with Crippen molar-refractivity contribution in [2.75, 3.05) is 38.2 Å². The van der Waals surface area contributed by atoms with E-state index in [-0.39, 0.29) is 24.7 Å². The molecule has 2 heterocycles. The standard InChI is InChI=1S/C19H25ClN4O4/c1-12-10-13(11-14(28-3)16(12)20)23-6-8-24(9-7-23)15(25)4-5-19(2)17(26)21-18(27)22-19/h10-11H,4-9H2,1-3H3,(H2,21,22,26,27)/t19-/m1/s1. The highest BCUT2D eigenvalue weighted by Crippen LogP contribution is 2.33. The van der Waals surface area contributed by atoms with Gasteiger partial charge in [-0.1, -0.05) is 11.6 Å². The van der Waals surface area contributed by atoms with Crippen LogP contribution in [0, 0.1) is 6.92 Å². The van der Waals surface area contributed by atoms with Crippen LogP contribution in [0.1, 0.15) is 25.3 Å². The van der Waals surface area contributed by atoms with Gasteiger partial charge < -0.3 is 19.9 Å². The average molecular weight is 409 g/mol. The number of benzene rings is 1.